The Kier molecular flexibility index (Phi) is 4.58. The highest BCUT2D eigenvalue weighted by Crippen LogP contribution is 2.29. The van der Waals surface area contributed by atoms with E-state index in [-0.39, 0.29) is 5.56 Å². The van der Waals surface area contributed by atoms with Gasteiger partial charge in [-0.2, -0.15) is 5.26 Å². The third-order valence-corrected chi connectivity index (χ3v) is 6.06. The van der Waals surface area contributed by atoms with E-state index in [1.807, 2.05) is 63.2 Å². The monoisotopic (exact) mass is 385 g/mol. The zero-order valence-corrected chi connectivity index (χ0v) is 16.8. The van der Waals surface area contributed by atoms with Gasteiger partial charge >= 0.3 is 0 Å². The van der Waals surface area contributed by atoms with Gasteiger partial charge in [-0.3, -0.25) is 9.36 Å². The molecule has 138 valence electrons. The third-order valence-electron chi connectivity index (χ3n) is 4.96. The molecule has 2 aromatic carbocycles. The lowest BCUT2D eigenvalue weighted by Crippen LogP contribution is -2.24. The number of thiophene rings is 1. The Hall–Kier alpha value is -3.23. The van der Waals surface area contributed by atoms with E-state index in [4.69, 9.17) is 4.98 Å². The number of hydrogen-bond acceptors (Lipinski definition) is 4. The summed E-state index contributed by atoms with van der Waals surface area (Å²) in [5.41, 5.74) is 4.47. The van der Waals surface area contributed by atoms with Crippen molar-refractivity contribution in [2.24, 2.45) is 0 Å². The number of aryl methyl sites for hydroxylation is 3. The van der Waals surface area contributed by atoms with Gasteiger partial charge in [-0.1, -0.05) is 35.9 Å². The second-order valence-electron chi connectivity index (χ2n) is 6.97. The normalized spacial score (nSPS) is 10.9. The summed E-state index contributed by atoms with van der Waals surface area (Å²) in [6.45, 7) is 6.40. The van der Waals surface area contributed by atoms with Gasteiger partial charge in [-0.25, -0.2) is 4.98 Å². The number of nitrogens with zero attached hydrogens (tertiary/aromatic N) is 3. The number of nitriles is 1. The predicted molar refractivity (Wildman–Crippen MR) is 114 cm³/mol. The van der Waals surface area contributed by atoms with E-state index < -0.39 is 0 Å². The number of rotatable bonds is 3. The third kappa shape index (κ3) is 3.12. The quantitative estimate of drug-likeness (QED) is 0.500. The summed E-state index contributed by atoms with van der Waals surface area (Å²) in [6, 6.07) is 17.6. The van der Waals surface area contributed by atoms with E-state index in [9.17, 15) is 10.1 Å². The minimum absolute atomic E-state index is 0.0364. The molecule has 0 fully saturated rings. The molecule has 0 unspecified atom stereocenters. The molecular formula is C23H19N3OS. The van der Waals surface area contributed by atoms with Crippen LogP contribution >= 0.6 is 11.3 Å². The molecule has 0 atom stereocenters. The molecule has 28 heavy (non-hydrogen) atoms. The largest absolute Gasteiger partial charge is 0.288 e. The van der Waals surface area contributed by atoms with Gasteiger partial charge < -0.3 is 0 Å². The first-order valence-corrected chi connectivity index (χ1v) is 9.86. The van der Waals surface area contributed by atoms with Crippen molar-refractivity contribution in [3.05, 3.63) is 86.0 Å². The Morgan fingerprint density at radius 3 is 2.64 bits per heavy atom. The van der Waals surface area contributed by atoms with Gasteiger partial charge in [0.05, 0.1) is 23.6 Å². The molecule has 0 saturated carbocycles. The fourth-order valence-corrected chi connectivity index (χ4v) is 4.42. The number of benzene rings is 2. The van der Waals surface area contributed by atoms with Gasteiger partial charge in [0, 0.05) is 10.4 Å². The topological polar surface area (TPSA) is 58.7 Å². The molecule has 0 amide bonds. The molecule has 0 spiro atoms. The molecule has 0 N–H and O–H groups in total. The summed E-state index contributed by atoms with van der Waals surface area (Å²) < 4.78 is 1.73. The minimum Gasteiger partial charge on any atom is -0.288 e. The lowest BCUT2D eigenvalue weighted by atomic mass is 10.1. The van der Waals surface area contributed by atoms with E-state index >= 15 is 0 Å². The first-order valence-electron chi connectivity index (χ1n) is 9.04. The smallest absolute Gasteiger partial charge is 0.263 e. The maximum Gasteiger partial charge on any atom is 0.263 e. The highest BCUT2D eigenvalue weighted by atomic mass is 32.1. The average Bonchev–Trinajstić information content (AvgIpc) is 2.98. The Bertz CT molecular complexity index is 1310. The van der Waals surface area contributed by atoms with Gasteiger partial charge in [0.15, 0.2) is 0 Å². The van der Waals surface area contributed by atoms with Gasteiger partial charge in [-0.05, 0) is 50.1 Å². The van der Waals surface area contributed by atoms with Crippen LogP contribution < -0.4 is 5.56 Å². The van der Waals surface area contributed by atoms with E-state index in [0.29, 0.717) is 23.3 Å². The molecule has 4 aromatic rings. The fraction of sp³-hybridized carbons (Fsp3) is 0.174. The van der Waals surface area contributed by atoms with E-state index in [1.54, 1.807) is 22.0 Å². The van der Waals surface area contributed by atoms with Crippen molar-refractivity contribution in [1.82, 2.24) is 9.55 Å². The highest BCUT2D eigenvalue weighted by Gasteiger charge is 2.18. The van der Waals surface area contributed by atoms with Crippen LogP contribution in [-0.4, -0.2) is 9.55 Å². The molecule has 4 nitrogen and oxygen atoms in total. The molecule has 2 heterocycles. The molecule has 5 heteroatoms. The lowest BCUT2D eigenvalue weighted by Gasteiger charge is -2.14. The second-order valence-corrected chi connectivity index (χ2v) is 8.17. The molecule has 2 aromatic heterocycles. The van der Waals surface area contributed by atoms with Gasteiger partial charge in [0.25, 0.3) is 5.56 Å². The highest BCUT2D eigenvalue weighted by molar-refractivity contribution is 7.18. The maximum atomic E-state index is 13.5. The van der Waals surface area contributed by atoms with Crippen molar-refractivity contribution >= 4 is 21.6 Å². The summed E-state index contributed by atoms with van der Waals surface area (Å²) in [5.74, 6) is 0.657. The van der Waals surface area contributed by atoms with Gasteiger partial charge in [-0.15, -0.1) is 11.3 Å². The number of aromatic nitrogens is 2. The Morgan fingerprint density at radius 2 is 1.89 bits per heavy atom. The van der Waals surface area contributed by atoms with Crippen molar-refractivity contribution in [2.45, 2.75) is 27.3 Å². The van der Waals surface area contributed by atoms with Crippen molar-refractivity contribution in [1.29, 1.82) is 5.26 Å². The van der Waals surface area contributed by atoms with Crippen LogP contribution in [0.15, 0.2) is 53.3 Å². The zero-order valence-electron chi connectivity index (χ0n) is 16.0. The van der Waals surface area contributed by atoms with Crippen molar-refractivity contribution in [3.8, 4) is 17.5 Å². The van der Waals surface area contributed by atoms with Crippen molar-refractivity contribution in [3.63, 3.8) is 0 Å². The van der Waals surface area contributed by atoms with Gasteiger partial charge in [0.2, 0.25) is 0 Å². The Morgan fingerprint density at radius 1 is 1.11 bits per heavy atom. The SMILES string of the molecule is Cc1cccc(-c2nc3sc(C)c(C)c3c(=O)n2Cc2cccc(C#N)c2)c1. The summed E-state index contributed by atoms with van der Waals surface area (Å²) in [5, 5.41) is 9.89. The van der Waals surface area contributed by atoms with Crippen LogP contribution in [0.3, 0.4) is 0 Å². The predicted octanol–water partition coefficient (Wildman–Crippen LogP) is 4.97. The number of hydrogen-bond donors (Lipinski definition) is 0. The Balaban J connectivity index is 2.00. The van der Waals surface area contributed by atoms with Crippen LogP contribution in [0.2, 0.25) is 0 Å². The summed E-state index contributed by atoms with van der Waals surface area (Å²) in [6.07, 6.45) is 0. The van der Waals surface area contributed by atoms with Crippen LogP contribution in [-0.2, 0) is 6.54 Å². The molecule has 0 bridgehead atoms. The van der Waals surface area contributed by atoms with Crippen LogP contribution in [0.25, 0.3) is 21.6 Å². The Labute approximate surface area is 167 Å². The molecular weight excluding hydrogens is 366 g/mol. The minimum atomic E-state index is -0.0364. The van der Waals surface area contributed by atoms with E-state index in [1.165, 1.54) is 0 Å². The summed E-state index contributed by atoms with van der Waals surface area (Å²) >= 11 is 1.56. The van der Waals surface area contributed by atoms with Crippen LogP contribution in [0, 0.1) is 32.1 Å². The average molecular weight is 385 g/mol. The van der Waals surface area contributed by atoms with E-state index in [2.05, 4.69) is 6.07 Å². The summed E-state index contributed by atoms with van der Waals surface area (Å²) in [4.78, 5) is 20.2. The van der Waals surface area contributed by atoms with Gasteiger partial charge in [0.1, 0.15) is 10.7 Å². The first-order chi connectivity index (χ1) is 13.5. The first kappa shape index (κ1) is 18.1. The molecule has 0 aliphatic carbocycles. The van der Waals surface area contributed by atoms with E-state index in [0.717, 1.165) is 32.0 Å². The summed E-state index contributed by atoms with van der Waals surface area (Å²) in [7, 11) is 0. The number of fused-ring (bicyclic) bond motifs is 1. The fourth-order valence-electron chi connectivity index (χ4n) is 3.40. The molecule has 0 aliphatic rings. The van der Waals surface area contributed by atoms with Crippen molar-refractivity contribution < 1.29 is 0 Å². The molecule has 0 saturated heterocycles. The molecule has 0 radical (unpaired) electrons. The lowest BCUT2D eigenvalue weighted by molar-refractivity contribution is 0.759. The van der Waals surface area contributed by atoms with Crippen LogP contribution in [0.4, 0.5) is 0 Å². The standard InChI is InChI=1S/C23H19N3OS/c1-14-6-4-9-19(10-14)21-25-22-20(15(2)16(3)28-22)23(27)26(21)13-18-8-5-7-17(11-18)12-24/h4-11H,13H2,1-3H3. The second kappa shape index (κ2) is 7.06. The van der Waals surface area contributed by atoms with Crippen LogP contribution in [0.5, 0.6) is 0 Å². The molecule has 0 aliphatic heterocycles. The van der Waals surface area contributed by atoms with Crippen molar-refractivity contribution in [2.75, 3.05) is 0 Å². The zero-order chi connectivity index (χ0) is 19.8. The molecule has 4 rings (SSSR count). The van der Waals surface area contributed by atoms with Crippen LogP contribution in [0.1, 0.15) is 27.1 Å². The maximum absolute atomic E-state index is 13.5.